The molecule has 0 aromatic rings. The molecule has 0 bridgehead atoms. The predicted molar refractivity (Wildman–Crippen MR) is 79.5 cm³/mol. The van der Waals surface area contributed by atoms with Crippen molar-refractivity contribution in [2.24, 2.45) is 0 Å². The molecule has 1 saturated heterocycles. The number of ether oxygens (including phenoxy) is 1. The summed E-state index contributed by atoms with van der Waals surface area (Å²) in [6.07, 6.45) is 3.82. The van der Waals surface area contributed by atoms with Crippen LogP contribution in [-0.2, 0) is 4.74 Å². The summed E-state index contributed by atoms with van der Waals surface area (Å²) in [5.41, 5.74) is -0.221. The van der Waals surface area contributed by atoms with Crippen molar-refractivity contribution in [3.05, 3.63) is 0 Å². The maximum atomic E-state index is 9.65. The van der Waals surface area contributed by atoms with Crippen LogP contribution in [0.1, 0.15) is 47.0 Å². The van der Waals surface area contributed by atoms with Gasteiger partial charge in [0.15, 0.2) is 0 Å². The van der Waals surface area contributed by atoms with Gasteiger partial charge in [-0.15, -0.1) is 0 Å². The average Bonchev–Trinajstić information content (AvgIpc) is 2.35. The highest BCUT2D eigenvalue weighted by Crippen LogP contribution is 2.17. The molecule has 1 aliphatic rings. The molecule has 0 aliphatic carbocycles. The fourth-order valence-corrected chi connectivity index (χ4v) is 2.91. The lowest BCUT2D eigenvalue weighted by molar-refractivity contribution is -0.0110. The third kappa shape index (κ3) is 6.21. The van der Waals surface area contributed by atoms with Crippen LogP contribution in [0.5, 0.6) is 0 Å². The van der Waals surface area contributed by atoms with Crippen molar-refractivity contribution in [2.75, 3.05) is 32.8 Å². The molecule has 2 N–H and O–H groups in total. The Balaban J connectivity index is 2.45. The molecule has 2 atom stereocenters. The number of nitrogens with one attached hydrogen (secondary N) is 1. The highest BCUT2D eigenvalue weighted by Gasteiger charge is 2.29. The molecule has 4 nitrogen and oxygen atoms in total. The van der Waals surface area contributed by atoms with Crippen LogP contribution < -0.4 is 5.32 Å². The summed E-state index contributed by atoms with van der Waals surface area (Å²) in [6.45, 7) is 12.5. The van der Waals surface area contributed by atoms with E-state index in [0.717, 1.165) is 32.7 Å². The van der Waals surface area contributed by atoms with Crippen LogP contribution in [-0.4, -0.2) is 60.5 Å². The molecule has 114 valence electrons. The van der Waals surface area contributed by atoms with E-state index in [1.54, 1.807) is 0 Å². The SMILES string of the molecule is CCCOC1CCCN(CC(C)(CO)NC(C)C)C1. The van der Waals surface area contributed by atoms with Crippen molar-refractivity contribution in [3.63, 3.8) is 0 Å². The largest absolute Gasteiger partial charge is 0.394 e. The van der Waals surface area contributed by atoms with Crippen LogP contribution in [0, 0.1) is 0 Å². The molecule has 1 fully saturated rings. The van der Waals surface area contributed by atoms with Crippen LogP contribution in [0.2, 0.25) is 0 Å². The van der Waals surface area contributed by atoms with Crippen LogP contribution in [0.25, 0.3) is 0 Å². The predicted octanol–water partition coefficient (Wildman–Crippen LogP) is 1.63. The molecular formula is C15H32N2O2. The second-order valence-electron chi connectivity index (χ2n) is 6.39. The molecule has 1 aliphatic heterocycles. The number of rotatable bonds is 8. The average molecular weight is 272 g/mol. The van der Waals surface area contributed by atoms with Crippen molar-refractivity contribution in [2.45, 2.75) is 64.6 Å². The number of aliphatic hydroxyl groups is 1. The van der Waals surface area contributed by atoms with E-state index in [9.17, 15) is 5.11 Å². The Morgan fingerprint density at radius 1 is 1.47 bits per heavy atom. The summed E-state index contributed by atoms with van der Waals surface area (Å²) in [5, 5.41) is 13.1. The molecule has 19 heavy (non-hydrogen) atoms. The van der Waals surface area contributed by atoms with Gasteiger partial charge in [0.05, 0.1) is 18.2 Å². The monoisotopic (exact) mass is 272 g/mol. The molecule has 0 aromatic carbocycles. The topological polar surface area (TPSA) is 44.7 Å². The van der Waals surface area contributed by atoms with Gasteiger partial charge in [-0.25, -0.2) is 0 Å². The number of hydrogen-bond acceptors (Lipinski definition) is 4. The molecule has 0 amide bonds. The molecule has 0 aromatic heterocycles. The zero-order chi connectivity index (χ0) is 14.3. The zero-order valence-corrected chi connectivity index (χ0v) is 13.1. The van der Waals surface area contributed by atoms with Gasteiger partial charge in [-0.05, 0) is 32.7 Å². The Morgan fingerprint density at radius 3 is 2.79 bits per heavy atom. The van der Waals surface area contributed by atoms with Crippen molar-refractivity contribution in [1.82, 2.24) is 10.2 Å². The second-order valence-corrected chi connectivity index (χ2v) is 6.39. The van der Waals surface area contributed by atoms with Gasteiger partial charge in [-0.2, -0.15) is 0 Å². The number of aliphatic hydroxyl groups excluding tert-OH is 1. The van der Waals surface area contributed by atoms with E-state index in [1.165, 1.54) is 12.8 Å². The molecule has 0 radical (unpaired) electrons. The van der Waals surface area contributed by atoms with Gasteiger partial charge >= 0.3 is 0 Å². The summed E-state index contributed by atoms with van der Waals surface area (Å²) in [7, 11) is 0. The minimum Gasteiger partial charge on any atom is -0.394 e. The molecule has 4 heteroatoms. The summed E-state index contributed by atoms with van der Waals surface area (Å²) in [4.78, 5) is 2.43. The van der Waals surface area contributed by atoms with Crippen molar-refractivity contribution >= 4 is 0 Å². The minimum absolute atomic E-state index is 0.169. The standard InChI is InChI=1S/C15H32N2O2/c1-5-9-19-14-7-6-8-17(10-14)11-15(4,12-18)16-13(2)3/h13-14,16,18H,5-12H2,1-4H3. The first-order chi connectivity index (χ1) is 8.99. The van der Waals surface area contributed by atoms with Crippen LogP contribution >= 0.6 is 0 Å². The Labute approximate surface area is 118 Å². The fraction of sp³-hybridized carbons (Fsp3) is 1.00. The van der Waals surface area contributed by atoms with Crippen LogP contribution in [0.15, 0.2) is 0 Å². The van der Waals surface area contributed by atoms with E-state index >= 15 is 0 Å². The van der Waals surface area contributed by atoms with E-state index in [2.05, 4.69) is 37.9 Å². The van der Waals surface area contributed by atoms with E-state index in [4.69, 9.17) is 4.74 Å². The molecule has 2 unspecified atom stereocenters. The Kier molecular flexibility index (Phi) is 7.29. The first kappa shape index (κ1) is 16.9. The summed E-state index contributed by atoms with van der Waals surface area (Å²) in [5.74, 6) is 0. The number of piperidine rings is 1. The minimum atomic E-state index is -0.221. The highest BCUT2D eigenvalue weighted by molar-refractivity contribution is 4.89. The van der Waals surface area contributed by atoms with Crippen molar-refractivity contribution in [1.29, 1.82) is 0 Å². The third-order valence-electron chi connectivity index (χ3n) is 3.58. The first-order valence-corrected chi connectivity index (χ1v) is 7.71. The maximum absolute atomic E-state index is 9.65. The molecule has 0 spiro atoms. The van der Waals surface area contributed by atoms with Gasteiger partial charge in [0.1, 0.15) is 0 Å². The van der Waals surface area contributed by atoms with Crippen molar-refractivity contribution < 1.29 is 9.84 Å². The van der Waals surface area contributed by atoms with E-state index < -0.39 is 0 Å². The van der Waals surface area contributed by atoms with E-state index in [0.29, 0.717) is 12.1 Å². The summed E-state index contributed by atoms with van der Waals surface area (Å²) < 4.78 is 5.87. The third-order valence-corrected chi connectivity index (χ3v) is 3.58. The summed E-state index contributed by atoms with van der Waals surface area (Å²) >= 11 is 0. The second kappa shape index (κ2) is 8.20. The molecule has 0 saturated carbocycles. The Hall–Kier alpha value is -0.160. The smallest absolute Gasteiger partial charge is 0.0702 e. The van der Waals surface area contributed by atoms with Crippen LogP contribution in [0.3, 0.4) is 0 Å². The number of nitrogens with zero attached hydrogens (tertiary/aromatic N) is 1. The van der Waals surface area contributed by atoms with Gasteiger partial charge in [-0.3, -0.25) is 4.90 Å². The molecular weight excluding hydrogens is 240 g/mol. The fourth-order valence-electron chi connectivity index (χ4n) is 2.91. The highest BCUT2D eigenvalue weighted by atomic mass is 16.5. The first-order valence-electron chi connectivity index (χ1n) is 7.71. The van der Waals surface area contributed by atoms with E-state index in [-0.39, 0.29) is 12.1 Å². The quantitative estimate of drug-likeness (QED) is 0.705. The normalized spacial score (nSPS) is 24.6. The number of hydrogen-bond donors (Lipinski definition) is 2. The lowest BCUT2D eigenvalue weighted by Crippen LogP contribution is -2.58. The maximum Gasteiger partial charge on any atom is 0.0702 e. The van der Waals surface area contributed by atoms with Crippen molar-refractivity contribution in [3.8, 4) is 0 Å². The lowest BCUT2D eigenvalue weighted by Gasteiger charge is -2.40. The van der Waals surface area contributed by atoms with Gasteiger partial charge in [0, 0.05) is 25.7 Å². The van der Waals surface area contributed by atoms with Gasteiger partial charge < -0.3 is 15.2 Å². The Morgan fingerprint density at radius 2 is 2.21 bits per heavy atom. The van der Waals surface area contributed by atoms with Gasteiger partial charge in [0.2, 0.25) is 0 Å². The van der Waals surface area contributed by atoms with Crippen LogP contribution in [0.4, 0.5) is 0 Å². The lowest BCUT2D eigenvalue weighted by atomic mass is 9.99. The molecule has 1 heterocycles. The van der Waals surface area contributed by atoms with E-state index in [1.807, 2.05) is 0 Å². The zero-order valence-electron chi connectivity index (χ0n) is 13.1. The summed E-state index contributed by atoms with van der Waals surface area (Å²) in [6, 6.07) is 0.383. The van der Waals surface area contributed by atoms with Gasteiger partial charge in [-0.1, -0.05) is 20.8 Å². The Bertz CT molecular complexity index is 248. The van der Waals surface area contributed by atoms with Gasteiger partial charge in [0.25, 0.3) is 0 Å². The number of likely N-dealkylation sites (tertiary alicyclic amines) is 1. The molecule has 1 rings (SSSR count).